The molecule has 0 aromatic heterocycles. The van der Waals surface area contributed by atoms with Crippen LogP contribution >= 0.6 is 0 Å². The average molecular weight is 312 g/mol. The maximum Gasteiger partial charge on any atom is 0.313 e. The summed E-state index contributed by atoms with van der Waals surface area (Å²) < 4.78 is 0. The van der Waals surface area contributed by atoms with E-state index in [0.29, 0.717) is 5.69 Å². The summed E-state index contributed by atoms with van der Waals surface area (Å²) in [6, 6.07) is 13.9. The van der Waals surface area contributed by atoms with Gasteiger partial charge in [0.15, 0.2) is 0 Å². The summed E-state index contributed by atoms with van der Waals surface area (Å²) in [6.07, 6.45) is 0. The zero-order valence-electron chi connectivity index (χ0n) is 13.2. The van der Waals surface area contributed by atoms with Gasteiger partial charge in [-0.3, -0.25) is 9.59 Å². The Kier molecular flexibility index (Phi) is 5.49. The Morgan fingerprint density at radius 1 is 1.04 bits per heavy atom. The fraction of sp³-hybridized carbons (Fsp3) is 0.222. The number of nitrogens with one attached hydrogen (secondary N) is 2. The van der Waals surface area contributed by atoms with E-state index in [1.807, 2.05) is 32.0 Å². The van der Waals surface area contributed by atoms with E-state index in [1.54, 1.807) is 30.3 Å². The molecule has 5 nitrogen and oxygen atoms in total. The van der Waals surface area contributed by atoms with Crippen molar-refractivity contribution in [1.29, 1.82) is 0 Å². The molecular weight excluding hydrogens is 292 g/mol. The first-order chi connectivity index (χ1) is 11.0. The van der Waals surface area contributed by atoms with E-state index in [9.17, 15) is 14.7 Å². The van der Waals surface area contributed by atoms with Gasteiger partial charge in [0.2, 0.25) is 0 Å². The standard InChI is InChI=1S/C18H20N2O3/c1-12-8-9-15(13(2)10-12)19-17(22)18(23)20-16(11-21)14-6-4-3-5-7-14/h3-10,16,21H,11H2,1-2H3,(H,19,22)(H,20,23)/t16-/m1/s1. The molecule has 0 heterocycles. The van der Waals surface area contributed by atoms with Crippen LogP contribution in [0.3, 0.4) is 0 Å². The van der Waals surface area contributed by atoms with E-state index >= 15 is 0 Å². The van der Waals surface area contributed by atoms with Crippen LogP contribution in [-0.2, 0) is 9.59 Å². The number of benzene rings is 2. The molecule has 0 fully saturated rings. The Balaban J connectivity index is 2.03. The minimum absolute atomic E-state index is 0.285. The highest BCUT2D eigenvalue weighted by molar-refractivity contribution is 6.39. The Morgan fingerprint density at radius 3 is 2.35 bits per heavy atom. The van der Waals surface area contributed by atoms with E-state index in [1.165, 1.54) is 0 Å². The van der Waals surface area contributed by atoms with Gasteiger partial charge in [0.05, 0.1) is 12.6 Å². The van der Waals surface area contributed by atoms with Crippen molar-refractivity contribution in [3.8, 4) is 0 Å². The third-order valence-corrected chi connectivity index (χ3v) is 3.53. The number of carbonyl (C=O) groups excluding carboxylic acids is 2. The van der Waals surface area contributed by atoms with Gasteiger partial charge in [-0.25, -0.2) is 0 Å². The Morgan fingerprint density at radius 2 is 1.74 bits per heavy atom. The lowest BCUT2D eigenvalue weighted by atomic mass is 10.1. The molecule has 0 aliphatic heterocycles. The molecule has 2 aromatic carbocycles. The maximum absolute atomic E-state index is 12.0. The molecule has 120 valence electrons. The molecule has 5 heteroatoms. The Labute approximate surface area is 135 Å². The number of hydrogen-bond acceptors (Lipinski definition) is 3. The van der Waals surface area contributed by atoms with Gasteiger partial charge >= 0.3 is 11.8 Å². The summed E-state index contributed by atoms with van der Waals surface area (Å²) >= 11 is 0. The largest absolute Gasteiger partial charge is 0.394 e. The molecule has 0 radical (unpaired) electrons. The zero-order valence-corrected chi connectivity index (χ0v) is 13.2. The number of amides is 2. The first-order valence-electron chi connectivity index (χ1n) is 7.36. The first-order valence-corrected chi connectivity index (χ1v) is 7.36. The van der Waals surface area contributed by atoms with Crippen molar-refractivity contribution in [2.45, 2.75) is 19.9 Å². The lowest BCUT2D eigenvalue weighted by molar-refractivity contribution is -0.136. The summed E-state index contributed by atoms with van der Waals surface area (Å²) in [4.78, 5) is 24.1. The lowest BCUT2D eigenvalue weighted by Gasteiger charge is -2.16. The highest BCUT2D eigenvalue weighted by Crippen LogP contribution is 2.16. The summed E-state index contributed by atoms with van der Waals surface area (Å²) in [7, 11) is 0. The Hall–Kier alpha value is -2.66. The van der Waals surface area contributed by atoms with Gasteiger partial charge in [-0.05, 0) is 31.0 Å². The van der Waals surface area contributed by atoms with Gasteiger partial charge in [-0.15, -0.1) is 0 Å². The molecule has 0 unspecified atom stereocenters. The molecule has 0 saturated carbocycles. The van der Waals surface area contributed by atoms with Crippen LogP contribution in [0, 0.1) is 13.8 Å². The molecule has 3 N–H and O–H groups in total. The molecule has 2 rings (SSSR count). The predicted octanol–water partition coefficient (Wildman–Crippen LogP) is 2.09. The number of carbonyl (C=O) groups is 2. The molecular formula is C18H20N2O3. The summed E-state index contributed by atoms with van der Waals surface area (Å²) in [5.41, 5.74) is 3.29. The van der Waals surface area contributed by atoms with Crippen LogP contribution in [0.1, 0.15) is 22.7 Å². The number of aliphatic hydroxyl groups excluding tert-OH is 1. The highest BCUT2D eigenvalue weighted by atomic mass is 16.3. The van der Waals surface area contributed by atoms with E-state index in [-0.39, 0.29) is 6.61 Å². The van der Waals surface area contributed by atoms with Gasteiger partial charge in [-0.1, -0.05) is 48.0 Å². The average Bonchev–Trinajstić information content (AvgIpc) is 2.55. The SMILES string of the molecule is Cc1ccc(NC(=O)C(=O)N[C@H](CO)c2ccccc2)c(C)c1. The van der Waals surface area contributed by atoms with Crippen LogP contribution in [0.25, 0.3) is 0 Å². The van der Waals surface area contributed by atoms with Gasteiger partial charge in [0, 0.05) is 5.69 Å². The Bertz CT molecular complexity index is 699. The molecule has 2 aromatic rings. The second-order valence-electron chi connectivity index (χ2n) is 5.39. The smallest absolute Gasteiger partial charge is 0.313 e. The van der Waals surface area contributed by atoms with E-state index < -0.39 is 17.9 Å². The predicted molar refractivity (Wildman–Crippen MR) is 89.0 cm³/mol. The highest BCUT2D eigenvalue weighted by Gasteiger charge is 2.19. The molecule has 23 heavy (non-hydrogen) atoms. The third-order valence-electron chi connectivity index (χ3n) is 3.53. The first kappa shape index (κ1) is 16.7. The number of aliphatic hydroxyl groups is 1. The second-order valence-corrected chi connectivity index (χ2v) is 5.39. The van der Waals surface area contributed by atoms with Crippen molar-refractivity contribution in [2.24, 2.45) is 0 Å². The van der Waals surface area contributed by atoms with Gasteiger partial charge in [0.25, 0.3) is 0 Å². The molecule has 0 spiro atoms. The van der Waals surface area contributed by atoms with Gasteiger partial charge in [0.1, 0.15) is 0 Å². The topological polar surface area (TPSA) is 78.4 Å². The van der Waals surface area contributed by atoms with Crippen molar-refractivity contribution in [3.63, 3.8) is 0 Å². The molecule has 0 saturated heterocycles. The normalized spacial score (nSPS) is 11.6. The number of rotatable bonds is 4. The molecule has 2 amide bonds. The molecule has 1 atom stereocenters. The summed E-state index contributed by atoms with van der Waals surface area (Å²) in [5, 5.41) is 14.5. The van der Waals surface area contributed by atoms with Crippen LogP contribution < -0.4 is 10.6 Å². The quantitative estimate of drug-likeness (QED) is 0.757. The number of aryl methyl sites for hydroxylation is 2. The van der Waals surface area contributed by atoms with Crippen molar-refractivity contribution >= 4 is 17.5 Å². The fourth-order valence-electron chi connectivity index (χ4n) is 2.28. The maximum atomic E-state index is 12.0. The van der Waals surface area contributed by atoms with Crippen LogP contribution in [0.15, 0.2) is 48.5 Å². The monoisotopic (exact) mass is 312 g/mol. The minimum Gasteiger partial charge on any atom is -0.394 e. The van der Waals surface area contributed by atoms with Crippen molar-refractivity contribution < 1.29 is 14.7 Å². The number of anilines is 1. The summed E-state index contributed by atoms with van der Waals surface area (Å²) in [5.74, 6) is -1.54. The van der Waals surface area contributed by atoms with Crippen LogP contribution in [0.5, 0.6) is 0 Å². The summed E-state index contributed by atoms with van der Waals surface area (Å²) in [6.45, 7) is 3.53. The van der Waals surface area contributed by atoms with Crippen molar-refractivity contribution in [3.05, 3.63) is 65.2 Å². The third kappa shape index (κ3) is 4.40. The zero-order chi connectivity index (χ0) is 16.8. The van der Waals surface area contributed by atoms with E-state index in [4.69, 9.17) is 0 Å². The van der Waals surface area contributed by atoms with Crippen LogP contribution in [-0.4, -0.2) is 23.5 Å². The van der Waals surface area contributed by atoms with E-state index in [2.05, 4.69) is 10.6 Å². The lowest BCUT2D eigenvalue weighted by Crippen LogP contribution is -2.39. The fourth-order valence-corrected chi connectivity index (χ4v) is 2.28. The minimum atomic E-state index is -0.784. The molecule has 0 bridgehead atoms. The number of hydrogen-bond donors (Lipinski definition) is 3. The van der Waals surface area contributed by atoms with Crippen LogP contribution in [0.2, 0.25) is 0 Å². The molecule has 0 aliphatic carbocycles. The second kappa shape index (κ2) is 7.56. The van der Waals surface area contributed by atoms with Gasteiger partial charge < -0.3 is 15.7 Å². The van der Waals surface area contributed by atoms with Crippen molar-refractivity contribution in [2.75, 3.05) is 11.9 Å². The van der Waals surface area contributed by atoms with Crippen molar-refractivity contribution in [1.82, 2.24) is 5.32 Å². The van der Waals surface area contributed by atoms with Gasteiger partial charge in [-0.2, -0.15) is 0 Å². The van der Waals surface area contributed by atoms with E-state index in [0.717, 1.165) is 16.7 Å². The molecule has 0 aliphatic rings. The van der Waals surface area contributed by atoms with Crippen LogP contribution in [0.4, 0.5) is 5.69 Å².